The van der Waals surface area contributed by atoms with Crippen molar-refractivity contribution in [2.24, 2.45) is 0 Å². The van der Waals surface area contributed by atoms with E-state index in [2.05, 4.69) is 5.32 Å². The molecule has 0 aromatic heterocycles. The number of ether oxygens (including phenoxy) is 1. The predicted octanol–water partition coefficient (Wildman–Crippen LogP) is 2.35. The van der Waals surface area contributed by atoms with Crippen LogP contribution in [0.5, 0.6) is 5.75 Å². The number of nitrogens with one attached hydrogen (secondary N) is 1. The van der Waals surface area contributed by atoms with E-state index < -0.39 is 24.1 Å². The lowest BCUT2D eigenvalue weighted by Gasteiger charge is -2.22. The van der Waals surface area contributed by atoms with Crippen molar-refractivity contribution in [2.75, 3.05) is 6.61 Å². The summed E-state index contributed by atoms with van der Waals surface area (Å²) in [6.45, 7) is -0.391. The number of para-hydroxylation sites is 1. The van der Waals surface area contributed by atoms with Gasteiger partial charge in [-0.1, -0.05) is 25.3 Å². The van der Waals surface area contributed by atoms with Gasteiger partial charge in [-0.2, -0.15) is 0 Å². The Hall–Kier alpha value is -2.11. The first-order valence-electron chi connectivity index (χ1n) is 7.02. The van der Waals surface area contributed by atoms with E-state index in [1.165, 1.54) is 18.6 Å². The summed E-state index contributed by atoms with van der Waals surface area (Å²) in [6.07, 6.45) is 5.22. The van der Waals surface area contributed by atoms with Gasteiger partial charge in [0.1, 0.15) is 5.56 Å². The molecule has 2 N–H and O–H groups in total. The monoisotopic (exact) mass is 295 g/mol. The number of halogens is 1. The van der Waals surface area contributed by atoms with Crippen LogP contribution in [0.25, 0.3) is 0 Å². The molecule has 2 rings (SSSR count). The molecule has 114 valence electrons. The zero-order valence-corrected chi connectivity index (χ0v) is 11.6. The van der Waals surface area contributed by atoms with Gasteiger partial charge in [0, 0.05) is 6.04 Å². The Kier molecular flexibility index (Phi) is 5.14. The molecule has 0 heterocycles. The SMILES string of the molecule is O=C(COc1c(F)cccc1C(=O)O)NC1CCCCC1. The molecule has 1 fully saturated rings. The van der Waals surface area contributed by atoms with Gasteiger partial charge >= 0.3 is 5.97 Å². The summed E-state index contributed by atoms with van der Waals surface area (Å²) in [5, 5.41) is 11.8. The Labute approximate surface area is 122 Å². The van der Waals surface area contributed by atoms with Crippen LogP contribution in [0.3, 0.4) is 0 Å². The van der Waals surface area contributed by atoms with Gasteiger partial charge < -0.3 is 15.2 Å². The van der Waals surface area contributed by atoms with Crippen molar-refractivity contribution in [3.8, 4) is 5.75 Å². The lowest BCUT2D eigenvalue weighted by molar-refractivity contribution is -0.124. The standard InChI is InChI=1S/C15H18FNO4/c16-12-8-4-7-11(15(19)20)14(12)21-9-13(18)17-10-5-2-1-3-6-10/h4,7-8,10H,1-3,5-6,9H2,(H,17,18)(H,19,20). The van der Waals surface area contributed by atoms with Gasteiger partial charge in [0.15, 0.2) is 18.2 Å². The number of amides is 1. The van der Waals surface area contributed by atoms with E-state index >= 15 is 0 Å². The van der Waals surface area contributed by atoms with E-state index in [1.807, 2.05) is 0 Å². The second-order valence-electron chi connectivity index (χ2n) is 5.11. The van der Waals surface area contributed by atoms with Crippen molar-refractivity contribution in [3.63, 3.8) is 0 Å². The highest BCUT2D eigenvalue weighted by Crippen LogP contribution is 2.22. The molecule has 0 aliphatic heterocycles. The fourth-order valence-corrected chi connectivity index (χ4v) is 2.48. The molecule has 1 aromatic rings. The summed E-state index contributed by atoms with van der Waals surface area (Å²) in [5.74, 6) is -2.84. The lowest BCUT2D eigenvalue weighted by atomic mass is 9.95. The van der Waals surface area contributed by atoms with Gasteiger partial charge in [0.05, 0.1) is 0 Å². The van der Waals surface area contributed by atoms with Crippen LogP contribution in [0.4, 0.5) is 4.39 Å². The maximum absolute atomic E-state index is 13.6. The van der Waals surface area contributed by atoms with E-state index in [0.717, 1.165) is 31.7 Å². The van der Waals surface area contributed by atoms with Crippen LogP contribution < -0.4 is 10.1 Å². The molecule has 21 heavy (non-hydrogen) atoms. The van der Waals surface area contributed by atoms with Crippen molar-refractivity contribution in [2.45, 2.75) is 38.1 Å². The van der Waals surface area contributed by atoms with Crippen molar-refractivity contribution in [1.82, 2.24) is 5.32 Å². The van der Waals surface area contributed by atoms with E-state index in [0.29, 0.717) is 0 Å². The van der Waals surface area contributed by atoms with Gasteiger partial charge in [-0.3, -0.25) is 4.79 Å². The third-order valence-electron chi connectivity index (χ3n) is 3.52. The molecule has 1 aliphatic rings. The van der Waals surface area contributed by atoms with Crippen LogP contribution >= 0.6 is 0 Å². The highest BCUT2D eigenvalue weighted by atomic mass is 19.1. The van der Waals surface area contributed by atoms with Crippen molar-refractivity contribution in [1.29, 1.82) is 0 Å². The molecule has 5 nitrogen and oxygen atoms in total. The number of aromatic carboxylic acids is 1. The zero-order valence-electron chi connectivity index (χ0n) is 11.6. The molecule has 1 aromatic carbocycles. The second-order valence-corrected chi connectivity index (χ2v) is 5.11. The van der Waals surface area contributed by atoms with E-state index in [1.54, 1.807) is 0 Å². The van der Waals surface area contributed by atoms with Gasteiger partial charge in [-0.05, 0) is 25.0 Å². The smallest absolute Gasteiger partial charge is 0.339 e. The minimum Gasteiger partial charge on any atom is -0.480 e. The van der Waals surface area contributed by atoms with Gasteiger partial charge in [0.2, 0.25) is 0 Å². The van der Waals surface area contributed by atoms with Crippen LogP contribution in [-0.2, 0) is 4.79 Å². The fraction of sp³-hybridized carbons (Fsp3) is 0.467. The Morgan fingerprint density at radius 3 is 2.67 bits per heavy atom. The lowest BCUT2D eigenvalue weighted by Crippen LogP contribution is -2.39. The normalized spacial score (nSPS) is 15.5. The molecule has 0 radical (unpaired) electrons. The minimum atomic E-state index is -1.29. The topological polar surface area (TPSA) is 75.6 Å². The van der Waals surface area contributed by atoms with Crippen molar-refractivity contribution in [3.05, 3.63) is 29.6 Å². The summed E-state index contributed by atoms with van der Waals surface area (Å²) in [5.41, 5.74) is -0.291. The third kappa shape index (κ3) is 4.18. The van der Waals surface area contributed by atoms with Gasteiger partial charge in [0.25, 0.3) is 5.91 Å². The number of carboxylic acid groups (broad SMARTS) is 1. The number of hydrogen-bond donors (Lipinski definition) is 2. The number of hydrogen-bond acceptors (Lipinski definition) is 3. The van der Waals surface area contributed by atoms with Gasteiger partial charge in [-0.15, -0.1) is 0 Å². The largest absolute Gasteiger partial charge is 0.480 e. The molecule has 0 saturated heterocycles. The molecule has 6 heteroatoms. The first-order chi connectivity index (χ1) is 10.1. The van der Waals surface area contributed by atoms with Crippen LogP contribution in [0.1, 0.15) is 42.5 Å². The molecular formula is C15H18FNO4. The predicted molar refractivity (Wildman–Crippen MR) is 73.9 cm³/mol. The molecule has 0 unspecified atom stereocenters. The Bertz CT molecular complexity index is 526. The minimum absolute atomic E-state index is 0.134. The van der Waals surface area contributed by atoms with E-state index in [9.17, 15) is 14.0 Å². The average molecular weight is 295 g/mol. The van der Waals surface area contributed by atoms with E-state index in [-0.39, 0.29) is 17.5 Å². The molecule has 0 atom stereocenters. The maximum atomic E-state index is 13.6. The maximum Gasteiger partial charge on any atom is 0.339 e. The molecule has 0 bridgehead atoms. The number of carbonyl (C=O) groups is 2. The van der Waals surface area contributed by atoms with Crippen LogP contribution in [0.2, 0.25) is 0 Å². The number of benzene rings is 1. The average Bonchev–Trinajstić information content (AvgIpc) is 2.46. The van der Waals surface area contributed by atoms with Crippen molar-refractivity contribution >= 4 is 11.9 Å². The second kappa shape index (κ2) is 7.06. The number of carbonyl (C=O) groups excluding carboxylic acids is 1. The highest BCUT2D eigenvalue weighted by molar-refractivity contribution is 5.91. The summed E-state index contributed by atoms with van der Waals surface area (Å²) in [6, 6.07) is 3.75. The Morgan fingerprint density at radius 1 is 1.29 bits per heavy atom. The summed E-state index contributed by atoms with van der Waals surface area (Å²) < 4.78 is 18.7. The first-order valence-corrected chi connectivity index (χ1v) is 7.02. The van der Waals surface area contributed by atoms with Crippen molar-refractivity contribution < 1.29 is 23.8 Å². The van der Waals surface area contributed by atoms with Crippen LogP contribution in [0.15, 0.2) is 18.2 Å². The Balaban J connectivity index is 1.93. The molecule has 0 spiro atoms. The molecular weight excluding hydrogens is 277 g/mol. The molecule has 1 aliphatic carbocycles. The fourth-order valence-electron chi connectivity index (χ4n) is 2.48. The number of rotatable bonds is 5. The van der Waals surface area contributed by atoms with Crippen LogP contribution in [-0.4, -0.2) is 29.6 Å². The summed E-state index contributed by atoms with van der Waals surface area (Å²) >= 11 is 0. The Morgan fingerprint density at radius 2 is 2.00 bits per heavy atom. The van der Waals surface area contributed by atoms with E-state index in [4.69, 9.17) is 9.84 Å². The third-order valence-corrected chi connectivity index (χ3v) is 3.52. The summed E-state index contributed by atoms with van der Waals surface area (Å²) in [7, 11) is 0. The molecule has 1 saturated carbocycles. The highest BCUT2D eigenvalue weighted by Gasteiger charge is 2.19. The van der Waals surface area contributed by atoms with Gasteiger partial charge in [-0.25, -0.2) is 9.18 Å². The summed E-state index contributed by atoms with van der Waals surface area (Å²) in [4.78, 5) is 22.8. The zero-order chi connectivity index (χ0) is 15.2. The molecule has 1 amide bonds. The quantitative estimate of drug-likeness (QED) is 0.874. The number of carboxylic acids is 1. The first kappa shape index (κ1) is 15.3. The van der Waals surface area contributed by atoms with Crippen LogP contribution in [0, 0.1) is 5.82 Å².